The number of hydrogen-bond acceptors (Lipinski definition) is 2. The van der Waals surface area contributed by atoms with Gasteiger partial charge in [0.25, 0.3) is 0 Å². The lowest BCUT2D eigenvalue weighted by Gasteiger charge is -2.33. The summed E-state index contributed by atoms with van der Waals surface area (Å²) in [6.07, 6.45) is 11.0. The Kier molecular flexibility index (Phi) is 5.89. The zero-order chi connectivity index (χ0) is 16.8. The lowest BCUT2D eigenvalue weighted by molar-refractivity contribution is -0.111. The summed E-state index contributed by atoms with van der Waals surface area (Å²) in [5.41, 5.74) is 2.65. The van der Waals surface area contributed by atoms with Crippen LogP contribution >= 0.6 is 0 Å². The monoisotopic (exact) mass is 328 g/mol. The summed E-state index contributed by atoms with van der Waals surface area (Å²) in [5.74, 6) is 0.849. The second kappa shape index (κ2) is 8.32. The number of nitrogens with one attached hydrogen (secondary N) is 2. The lowest BCUT2D eigenvalue weighted by Crippen LogP contribution is -2.37. The van der Waals surface area contributed by atoms with E-state index >= 15 is 0 Å². The molecule has 0 saturated heterocycles. The van der Waals surface area contributed by atoms with E-state index < -0.39 is 0 Å². The van der Waals surface area contributed by atoms with Crippen molar-refractivity contribution in [1.82, 2.24) is 10.6 Å². The van der Waals surface area contributed by atoms with Crippen LogP contribution in [0.3, 0.4) is 0 Å². The molecule has 0 heterocycles. The predicted octanol–water partition coefficient (Wildman–Crippen LogP) is 3.23. The fourth-order valence-corrected chi connectivity index (χ4v) is 4.62. The largest absolute Gasteiger partial charge is 0.355 e. The molecule has 3 rings (SSSR count). The molecule has 130 valence electrons. The van der Waals surface area contributed by atoms with Crippen molar-refractivity contribution in [3.63, 3.8) is 0 Å². The van der Waals surface area contributed by atoms with Gasteiger partial charge in [-0.05, 0) is 36.8 Å². The van der Waals surface area contributed by atoms with E-state index in [1.807, 2.05) is 0 Å². The van der Waals surface area contributed by atoms with Crippen LogP contribution in [0.15, 0.2) is 24.3 Å². The fourth-order valence-electron chi connectivity index (χ4n) is 4.62. The molecule has 0 aliphatic heterocycles. The number of rotatable bonds is 6. The molecular weight excluding hydrogens is 300 g/mol. The average Bonchev–Trinajstić information content (AvgIpc) is 2.64. The first kappa shape index (κ1) is 17.0. The minimum Gasteiger partial charge on any atom is -0.355 e. The Hall–Kier alpha value is -1.84. The van der Waals surface area contributed by atoms with Crippen molar-refractivity contribution in [1.29, 1.82) is 0 Å². The third-order valence-electron chi connectivity index (χ3n) is 5.89. The average molecular weight is 328 g/mol. The van der Waals surface area contributed by atoms with Gasteiger partial charge in [-0.1, -0.05) is 49.9 Å². The van der Waals surface area contributed by atoms with E-state index in [9.17, 15) is 9.59 Å². The first-order valence-corrected chi connectivity index (χ1v) is 9.32. The van der Waals surface area contributed by atoms with Gasteiger partial charge in [-0.15, -0.1) is 0 Å². The number of carbonyl (C=O) groups excluding carboxylic acids is 2. The third kappa shape index (κ3) is 3.80. The molecule has 24 heavy (non-hydrogen) atoms. The van der Waals surface area contributed by atoms with Gasteiger partial charge in [-0.2, -0.15) is 0 Å². The van der Waals surface area contributed by atoms with E-state index in [1.54, 1.807) is 0 Å². The van der Waals surface area contributed by atoms with Crippen molar-refractivity contribution in [2.24, 2.45) is 0 Å². The van der Waals surface area contributed by atoms with Crippen molar-refractivity contribution in [3.8, 4) is 0 Å². The molecule has 2 fully saturated rings. The molecule has 0 radical (unpaired) electrons. The molecule has 2 saturated carbocycles. The first-order valence-electron chi connectivity index (χ1n) is 9.32. The minimum atomic E-state index is 0.265. The minimum absolute atomic E-state index is 0.265. The molecule has 0 bridgehead atoms. The van der Waals surface area contributed by atoms with Gasteiger partial charge < -0.3 is 10.6 Å². The Morgan fingerprint density at radius 3 is 1.42 bits per heavy atom. The topological polar surface area (TPSA) is 58.2 Å². The summed E-state index contributed by atoms with van der Waals surface area (Å²) in [5, 5.41) is 6.01. The van der Waals surface area contributed by atoms with Gasteiger partial charge in [0.2, 0.25) is 12.8 Å². The van der Waals surface area contributed by atoms with Crippen molar-refractivity contribution in [2.45, 2.75) is 75.3 Å². The lowest BCUT2D eigenvalue weighted by atomic mass is 9.77. The molecule has 2 amide bonds. The summed E-state index contributed by atoms with van der Waals surface area (Å²) in [6, 6.07) is 9.46. The van der Waals surface area contributed by atoms with Crippen LogP contribution in [0.2, 0.25) is 0 Å². The summed E-state index contributed by atoms with van der Waals surface area (Å²) in [6.45, 7) is 0. The molecule has 2 aliphatic rings. The third-order valence-corrected chi connectivity index (χ3v) is 5.89. The van der Waals surface area contributed by atoms with Gasteiger partial charge in [-0.25, -0.2) is 0 Å². The van der Waals surface area contributed by atoms with Gasteiger partial charge in [0.1, 0.15) is 0 Å². The zero-order valence-corrected chi connectivity index (χ0v) is 14.2. The van der Waals surface area contributed by atoms with Crippen LogP contribution in [0.25, 0.3) is 0 Å². The molecule has 4 atom stereocenters. The number of carbonyl (C=O) groups is 2. The standard InChI is InChI=1S/C20H28N2O2/c23-13-21-19-7-3-1-5-17(19)15-9-11-16(12-10-15)18-6-2-4-8-20(18)22-14-24/h9-14,17-20H,1-8H2,(H,21,23)(H,22,24). The van der Waals surface area contributed by atoms with Crippen LogP contribution in [-0.2, 0) is 9.59 Å². The first-order chi connectivity index (χ1) is 11.8. The van der Waals surface area contributed by atoms with E-state index in [-0.39, 0.29) is 12.1 Å². The smallest absolute Gasteiger partial charge is 0.207 e. The predicted molar refractivity (Wildman–Crippen MR) is 94.8 cm³/mol. The molecule has 2 aliphatic carbocycles. The molecule has 2 N–H and O–H groups in total. The molecule has 4 nitrogen and oxygen atoms in total. The second-order valence-corrected chi connectivity index (χ2v) is 7.23. The van der Waals surface area contributed by atoms with Crippen LogP contribution in [0, 0.1) is 0 Å². The van der Waals surface area contributed by atoms with Crippen LogP contribution < -0.4 is 10.6 Å². The SMILES string of the molecule is O=CNC1CCCCC1c1ccc(C2CCCCC2NC=O)cc1. The molecule has 0 spiro atoms. The molecule has 1 aromatic carbocycles. The number of amides is 2. The van der Waals surface area contributed by atoms with Gasteiger partial charge in [0, 0.05) is 23.9 Å². The molecule has 1 aromatic rings. The van der Waals surface area contributed by atoms with Crippen molar-refractivity contribution in [2.75, 3.05) is 0 Å². The van der Waals surface area contributed by atoms with E-state index in [4.69, 9.17) is 0 Å². The highest BCUT2D eigenvalue weighted by molar-refractivity contribution is 5.48. The van der Waals surface area contributed by atoms with Crippen LogP contribution in [0.4, 0.5) is 0 Å². The van der Waals surface area contributed by atoms with Gasteiger partial charge in [-0.3, -0.25) is 9.59 Å². The molecular formula is C20H28N2O2. The highest BCUT2D eigenvalue weighted by Crippen LogP contribution is 2.36. The maximum atomic E-state index is 10.9. The highest BCUT2D eigenvalue weighted by Gasteiger charge is 2.28. The van der Waals surface area contributed by atoms with E-state index in [2.05, 4.69) is 34.9 Å². The molecule has 0 aromatic heterocycles. The Bertz CT molecular complexity index is 494. The Labute approximate surface area is 144 Å². The van der Waals surface area contributed by atoms with Gasteiger partial charge in [0.15, 0.2) is 0 Å². The normalized spacial score (nSPS) is 30.3. The van der Waals surface area contributed by atoms with E-state index in [0.29, 0.717) is 11.8 Å². The van der Waals surface area contributed by atoms with Gasteiger partial charge >= 0.3 is 0 Å². The summed E-state index contributed by atoms with van der Waals surface area (Å²) < 4.78 is 0. The number of benzene rings is 1. The van der Waals surface area contributed by atoms with Gasteiger partial charge in [0.05, 0.1) is 0 Å². The maximum absolute atomic E-state index is 10.9. The van der Waals surface area contributed by atoms with E-state index in [1.165, 1.54) is 36.8 Å². The Balaban J connectivity index is 1.74. The van der Waals surface area contributed by atoms with Crippen molar-refractivity contribution >= 4 is 12.8 Å². The van der Waals surface area contributed by atoms with Crippen molar-refractivity contribution < 1.29 is 9.59 Å². The number of hydrogen-bond donors (Lipinski definition) is 2. The van der Waals surface area contributed by atoms with Crippen LogP contribution in [0.5, 0.6) is 0 Å². The summed E-state index contributed by atoms with van der Waals surface area (Å²) in [4.78, 5) is 21.7. The fraction of sp³-hybridized carbons (Fsp3) is 0.600. The van der Waals surface area contributed by atoms with Crippen LogP contribution in [0.1, 0.15) is 74.3 Å². The molecule has 4 heteroatoms. The Morgan fingerprint density at radius 1 is 0.667 bits per heavy atom. The maximum Gasteiger partial charge on any atom is 0.207 e. The highest BCUT2D eigenvalue weighted by atomic mass is 16.1. The Morgan fingerprint density at radius 2 is 1.04 bits per heavy atom. The zero-order valence-electron chi connectivity index (χ0n) is 14.2. The quantitative estimate of drug-likeness (QED) is 0.788. The summed E-state index contributed by atoms with van der Waals surface area (Å²) in [7, 11) is 0. The second-order valence-electron chi connectivity index (χ2n) is 7.23. The van der Waals surface area contributed by atoms with E-state index in [0.717, 1.165) is 38.5 Å². The van der Waals surface area contributed by atoms with Crippen LogP contribution in [-0.4, -0.2) is 24.9 Å². The summed E-state index contributed by atoms with van der Waals surface area (Å²) >= 11 is 0. The molecule has 4 unspecified atom stereocenters. The van der Waals surface area contributed by atoms with Crippen molar-refractivity contribution in [3.05, 3.63) is 35.4 Å².